The molecule has 0 saturated carbocycles. The van der Waals surface area contributed by atoms with E-state index in [9.17, 15) is 9.90 Å². The number of pyridine rings is 1. The zero-order valence-electron chi connectivity index (χ0n) is 17.0. The number of urea groups is 1. The van der Waals surface area contributed by atoms with Gasteiger partial charge in [0.25, 0.3) is 0 Å². The highest BCUT2D eigenvalue weighted by atomic mass is 16.3. The molecule has 0 aliphatic carbocycles. The van der Waals surface area contributed by atoms with E-state index in [1.807, 2.05) is 24.4 Å². The van der Waals surface area contributed by atoms with Crippen molar-refractivity contribution in [2.24, 2.45) is 5.92 Å². The van der Waals surface area contributed by atoms with Gasteiger partial charge in [0.2, 0.25) is 0 Å². The normalized spacial score (nSPS) is 20.9. The molecule has 2 aliphatic heterocycles. The molecule has 0 bridgehead atoms. The van der Waals surface area contributed by atoms with Crippen molar-refractivity contribution in [1.82, 2.24) is 14.8 Å². The number of benzene rings is 1. The second-order valence-electron chi connectivity index (χ2n) is 8.15. The Morgan fingerprint density at radius 1 is 1.13 bits per heavy atom. The Labute approximate surface area is 177 Å². The number of carbonyl (C=O) groups is 1. The molecule has 3 heterocycles. The van der Waals surface area contributed by atoms with Gasteiger partial charge < -0.3 is 10.0 Å². The van der Waals surface area contributed by atoms with Crippen molar-refractivity contribution in [3.8, 4) is 6.07 Å². The lowest BCUT2D eigenvalue weighted by molar-refractivity contribution is 0.0873. The average Bonchev–Trinajstić information content (AvgIpc) is 2.78. The van der Waals surface area contributed by atoms with Crippen LogP contribution in [0.25, 0.3) is 0 Å². The molecule has 0 spiro atoms. The maximum absolute atomic E-state index is 13.1. The van der Waals surface area contributed by atoms with Crippen molar-refractivity contribution >= 4 is 11.7 Å². The van der Waals surface area contributed by atoms with Crippen molar-refractivity contribution in [2.75, 3.05) is 37.6 Å². The van der Waals surface area contributed by atoms with E-state index in [4.69, 9.17) is 5.26 Å². The van der Waals surface area contributed by atoms with E-state index in [2.05, 4.69) is 22.0 Å². The summed E-state index contributed by atoms with van der Waals surface area (Å²) >= 11 is 0. The molecule has 1 unspecified atom stereocenters. The molecule has 2 saturated heterocycles. The molecule has 156 valence electrons. The fourth-order valence-corrected chi connectivity index (χ4v) is 4.32. The molecular weight excluding hydrogens is 378 g/mol. The zero-order valence-corrected chi connectivity index (χ0v) is 17.0. The van der Waals surface area contributed by atoms with E-state index in [1.54, 1.807) is 28.0 Å². The number of hydrogen-bond acceptors (Lipinski definition) is 5. The first-order chi connectivity index (χ1) is 14.6. The molecule has 2 aliphatic rings. The van der Waals surface area contributed by atoms with Crippen LogP contribution in [0.3, 0.4) is 0 Å². The average molecular weight is 406 g/mol. The molecule has 0 radical (unpaired) electrons. The fraction of sp³-hybridized carbons (Fsp3) is 0.435. The molecule has 7 nitrogen and oxygen atoms in total. The predicted molar refractivity (Wildman–Crippen MR) is 114 cm³/mol. The third-order valence-corrected chi connectivity index (χ3v) is 5.91. The van der Waals surface area contributed by atoms with Crippen LogP contribution >= 0.6 is 0 Å². The van der Waals surface area contributed by atoms with Crippen LogP contribution in [0, 0.1) is 17.2 Å². The number of carbonyl (C=O) groups excluding carboxylic acids is 1. The molecule has 2 fully saturated rings. The Balaban J connectivity index is 1.35. The third kappa shape index (κ3) is 4.78. The van der Waals surface area contributed by atoms with Crippen LogP contribution in [-0.4, -0.2) is 64.7 Å². The number of hydrogen-bond donors (Lipinski definition) is 1. The molecule has 1 aromatic carbocycles. The maximum atomic E-state index is 13.1. The van der Waals surface area contributed by atoms with Gasteiger partial charge in [-0.05, 0) is 62.2 Å². The molecule has 7 heteroatoms. The summed E-state index contributed by atoms with van der Waals surface area (Å²) in [6.45, 7) is 4.10. The van der Waals surface area contributed by atoms with Crippen LogP contribution in [0.2, 0.25) is 0 Å². The van der Waals surface area contributed by atoms with E-state index in [0.29, 0.717) is 30.3 Å². The predicted octanol–water partition coefficient (Wildman–Crippen LogP) is 2.47. The smallest absolute Gasteiger partial charge is 0.324 e. The van der Waals surface area contributed by atoms with Crippen LogP contribution in [0.1, 0.15) is 24.1 Å². The summed E-state index contributed by atoms with van der Waals surface area (Å²) in [5, 5.41) is 19.5. The van der Waals surface area contributed by atoms with Gasteiger partial charge >= 0.3 is 6.03 Å². The number of aliphatic hydroxyl groups is 1. The van der Waals surface area contributed by atoms with Gasteiger partial charge in [0.15, 0.2) is 0 Å². The van der Waals surface area contributed by atoms with Crippen molar-refractivity contribution in [3.05, 3.63) is 59.9 Å². The van der Waals surface area contributed by atoms with Crippen LogP contribution in [0.15, 0.2) is 48.7 Å². The van der Waals surface area contributed by atoms with E-state index in [1.165, 1.54) is 0 Å². The number of β-amino-alcohol motifs (C(OH)–C–C–N with tert-alkyl or cyclic N) is 1. The van der Waals surface area contributed by atoms with Crippen LogP contribution in [0.4, 0.5) is 10.5 Å². The molecule has 30 heavy (non-hydrogen) atoms. The van der Waals surface area contributed by atoms with Crippen LogP contribution in [-0.2, 0) is 6.54 Å². The Morgan fingerprint density at radius 2 is 1.97 bits per heavy atom. The summed E-state index contributed by atoms with van der Waals surface area (Å²) in [5.74, 6) is 0.423. The van der Waals surface area contributed by atoms with Gasteiger partial charge in [-0.2, -0.15) is 5.26 Å². The quantitative estimate of drug-likeness (QED) is 0.826. The standard InChI is InChI=1S/C23H27N5O2/c24-13-19-4-3-6-21(12-19)28-17-22(29)16-27(23(28)30)14-18-7-10-26(11-8-18)15-20-5-1-2-9-25-20/h1-6,9,12,18,22,29H,7-8,10-11,14-17H2. The molecule has 1 atom stereocenters. The molecule has 4 rings (SSSR count). The summed E-state index contributed by atoms with van der Waals surface area (Å²) < 4.78 is 0. The van der Waals surface area contributed by atoms with Gasteiger partial charge in [-0.15, -0.1) is 0 Å². The van der Waals surface area contributed by atoms with Crippen molar-refractivity contribution in [2.45, 2.75) is 25.5 Å². The lowest BCUT2D eigenvalue weighted by Gasteiger charge is -2.41. The number of nitriles is 1. The van der Waals surface area contributed by atoms with Crippen LogP contribution < -0.4 is 4.90 Å². The molecule has 1 N–H and O–H groups in total. The molecule has 2 amide bonds. The zero-order chi connectivity index (χ0) is 20.9. The van der Waals surface area contributed by atoms with Crippen molar-refractivity contribution in [1.29, 1.82) is 5.26 Å². The van der Waals surface area contributed by atoms with Gasteiger partial charge in [-0.25, -0.2) is 4.79 Å². The summed E-state index contributed by atoms with van der Waals surface area (Å²) in [7, 11) is 0. The van der Waals surface area contributed by atoms with Gasteiger partial charge in [-0.3, -0.25) is 14.8 Å². The molecule has 1 aromatic heterocycles. The fourth-order valence-electron chi connectivity index (χ4n) is 4.32. The first-order valence-electron chi connectivity index (χ1n) is 10.5. The number of aromatic nitrogens is 1. The van der Waals surface area contributed by atoms with Crippen molar-refractivity contribution < 1.29 is 9.90 Å². The minimum absolute atomic E-state index is 0.0914. The Morgan fingerprint density at radius 3 is 2.70 bits per heavy atom. The van der Waals surface area contributed by atoms with E-state index < -0.39 is 6.10 Å². The number of rotatable bonds is 5. The Bertz CT molecular complexity index is 905. The minimum atomic E-state index is -0.599. The maximum Gasteiger partial charge on any atom is 0.324 e. The summed E-state index contributed by atoms with van der Waals surface area (Å²) in [4.78, 5) is 23.3. The lowest BCUT2D eigenvalue weighted by atomic mass is 9.95. The third-order valence-electron chi connectivity index (χ3n) is 5.91. The highest BCUT2D eigenvalue weighted by molar-refractivity contribution is 5.93. The Hall–Kier alpha value is -2.95. The first kappa shape index (κ1) is 20.3. The number of nitrogens with zero attached hydrogens (tertiary/aromatic N) is 5. The number of likely N-dealkylation sites (tertiary alicyclic amines) is 1. The van der Waals surface area contributed by atoms with Gasteiger partial charge in [-0.1, -0.05) is 12.1 Å². The number of piperidine rings is 1. The minimum Gasteiger partial charge on any atom is -0.389 e. The molecular formula is C23H27N5O2. The van der Waals surface area contributed by atoms with E-state index in [-0.39, 0.29) is 12.6 Å². The monoisotopic (exact) mass is 405 g/mol. The van der Waals surface area contributed by atoms with E-state index >= 15 is 0 Å². The Kier molecular flexibility index (Phi) is 6.26. The highest BCUT2D eigenvalue weighted by Gasteiger charge is 2.33. The van der Waals surface area contributed by atoms with E-state index in [0.717, 1.165) is 38.2 Å². The number of amides is 2. The summed E-state index contributed by atoms with van der Waals surface area (Å²) in [6.07, 6.45) is 3.28. The second-order valence-corrected chi connectivity index (χ2v) is 8.15. The molecule has 2 aromatic rings. The van der Waals surface area contributed by atoms with Crippen LogP contribution in [0.5, 0.6) is 0 Å². The van der Waals surface area contributed by atoms with Gasteiger partial charge in [0.05, 0.1) is 36.5 Å². The van der Waals surface area contributed by atoms with Crippen molar-refractivity contribution in [3.63, 3.8) is 0 Å². The number of aliphatic hydroxyl groups excluding tert-OH is 1. The topological polar surface area (TPSA) is 83.7 Å². The lowest BCUT2D eigenvalue weighted by Crippen LogP contribution is -2.57. The first-order valence-corrected chi connectivity index (χ1v) is 10.5. The summed E-state index contributed by atoms with van der Waals surface area (Å²) in [6, 6.07) is 15.0. The van der Waals surface area contributed by atoms with Gasteiger partial charge in [0.1, 0.15) is 0 Å². The second kappa shape index (κ2) is 9.24. The SMILES string of the molecule is N#Cc1cccc(N2CC(O)CN(CC3CCN(Cc4ccccn4)CC3)C2=O)c1. The van der Waals surface area contributed by atoms with Gasteiger partial charge in [0, 0.05) is 25.0 Å². The largest absolute Gasteiger partial charge is 0.389 e. The number of anilines is 1. The summed E-state index contributed by atoms with van der Waals surface area (Å²) in [5.41, 5.74) is 2.25. The highest BCUT2D eigenvalue weighted by Crippen LogP contribution is 2.25.